The number of aliphatic hydroxyl groups is 1. The topological polar surface area (TPSA) is 56.7 Å². The van der Waals surface area contributed by atoms with Crippen LogP contribution in [0.2, 0.25) is 0 Å². The van der Waals surface area contributed by atoms with E-state index in [1.807, 2.05) is 18.7 Å². The Hall–Kier alpha value is -1.69. The second kappa shape index (κ2) is 6.17. The number of aromatic nitrogens is 1. The summed E-state index contributed by atoms with van der Waals surface area (Å²) in [5.41, 5.74) is 0.875. The van der Waals surface area contributed by atoms with E-state index in [0.717, 1.165) is 5.56 Å². The molecule has 5 nitrogen and oxygen atoms in total. The first kappa shape index (κ1) is 14.7. The van der Waals surface area contributed by atoms with Gasteiger partial charge in [0, 0.05) is 32.4 Å². The van der Waals surface area contributed by atoms with Gasteiger partial charge < -0.3 is 14.9 Å². The van der Waals surface area contributed by atoms with Crippen molar-refractivity contribution < 1.29 is 14.3 Å². The van der Waals surface area contributed by atoms with E-state index in [1.165, 1.54) is 6.07 Å². The SMILES string of the molecule is CC(C)c1cnc(N2CCN(C(=O)CO)CC2)c(F)c1. The van der Waals surface area contributed by atoms with Gasteiger partial charge in [0.25, 0.3) is 0 Å². The van der Waals surface area contributed by atoms with E-state index in [9.17, 15) is 9.18 Å². The molecule has 0 bridgehead atoms. The normalized spacial score (nSPS) is 15.8. The van der Waals surface area contributed by atoms with Crippen LogP contribution >= 0.6 is 0 Å². The molecule has 1 amide bonds. The summed E-state index contributed by atoms with van der Waals surface area (Å²) in [7, 11) is 0. The number of halogens is 1. The van der Waals surface area contributed by atoms with E-state index < -0.39 is 6.61 Å². The number of nitrogens with zero attached hydrogens (tertiary/aromatic N) is 3. The molecule has 1 aliphatic rings. The molecule has 0 spiro atoms. The maximum atomic E-state index is 14.1. The monoisotopic (exact) mass is 281 g/mol. The zero-order valence-corrected chi connectivity index (χ0v) is 11.8. The Balaban J connectivity index is 2.05. The highest BCUT2D eigenvalue weighted by molar-refractivity contribution is 5.77. The van der Waals surface area contributed by atoms with Crippen LogP contribution in [-0.2, 0) is 4.79 Å². The number of hydrogen-bond donors (Lipinski definition) is 1. The van der Waals surface area contributed by atoms with Gasteiger partial charge in [-0.15, -0.1) is 0 Å². The molecule has 20 heavy (non-hydrogen) atoms. The van der Waals surface area contributed by atoms with E-state index in [1.54, 1.807) is 11.1 Å². The van der Waals surface area contributed by atoms with Gasteiger partial charge in [-0.2, -0.15) is 0 Å². The molecule has 110 valence electrons. The van der Waals surface area contributed by atoms with Gasteiger partial charge in [-0.1, -0.05) is 13.8 Å². The molecule has 1 saturated heterocycles. The summed E-state index contributed by atoms with van der Waals surface area (Å²) < 4.78 is 14.1. The molecule has 1 fully saturated rings. The summed E-state index contributed by atoms with van der Waals surface area (Å²) in [5.74, 6) is -0.0260. The van der Waals surface area contributed by atoms with Gasteiger partial charge in [-0.25, -0.2) is 9.37 Å². The van der Waals surface area contributed by atoms with Gasteiger partial charge in [0.05, 0.1) is 0 Å². The van der Waals surface area contributed by atoms with Gasteiger partial charge in [-0.05, 0) is 17.5 Å². The smallest absolute Gasteiger partial charge is 0.248 e. The number of carbonyl (C=O) groups is 1. The fourth-order valence-corrected chi connectivity index (χ4v) is 2.26. The largest absolute Gasteiger partial charge is 0.387 e. The molecular weight excluding hydrogens is 261 g/mol. The Kier molecular flexibility index (Phi) is 4.54. The lowest BCUT2D eigenvalue weighted by Crippen LogP contribution is -2.50. The van der Waals surface area contributed by atoms with Crippen LogP contribution in [0, 0.1) is 5.82 Å². The van der Waals surface area contributed by atoms with Crippen LogP contribution in [0.1, 0.15) is 25.3 Å². The maximum absolute atomic E-state index is 14.1. The Morgan fingerprint density at radius 1 is 1.40 bits per heavy atom. The molecule has 2 rings (SSSR count). The van der Waals surface area contributed by atoms with Crippen LogP contribution in [0.5, 0.6) is 0 Å². The molecule has 1 aliphatic heterocycles. The highest BCUT2D eigenvalue weighted by Gasteiger charge is 2.23. The summed E-state index contributed by atoms with van der Waals surface area (Å²) in [6.07, 6.45) is 1.70. The lowest BCUT2D eigenvalue weighted by molar-refractivity contribution is -0.134. The minimum absolute atomic E-state index is 0.241. The molecule has 2 heterocycles. The summed E-state index contributed by atoms with van der Waals surface area (Å²) in [6.45, 7) is 5.52. The van der Waals surface area contributed by atoms with Crippen molar-refractivity contribution in [3.05, 3.63) is 23.6 Å². The lowest BCUT2D eigenvalue weighted by Gasteiger charge is -2.35. The van der Waals surface area contributed by atoms with Crippen molar-refractivity contribution in [2.45, 2.75) is 19.8 Å². The number of pyridine rings is 1. The first-order valence-corrected chi connectivity index (χ1v) is 6.82. The number of amides is 1. The number of hydrogen-bond acceptors (Lipinski definition) is 4. The van der Waals surface area contributed by atoms with Crippen molar-refractivity contribution in [2.75, 3.05) is 37.7 Å². The molecule has 1 aromatic heterocycles. The third-order valence-corrected chi connectivity index (χ3v) is 3.58. The van der Waals surface area contributed by atoms with Crippen LogP contribution in [0.25, 0.3) is 0 Å². The number of carbonyl (C=O) groups excluding carboxylic acids is 1. The number of piperazine rings is 1. The Morgan fingerprint density at radius 3 is 2.55 bits per heavy atom. The second-order valence-corrected chi connectivity index (χ2v) is 5.25. The third-order valence-electron chi connectivity index (χ3n) is 3.58. The standard InChI is InChI=1S/C14H20FN3O2/c1-10(2)11-7-12(15)14(16-8-11)18-5-3-17(4-6-18)13(20)9-19/h7-8,10,19H,3-6,9H2,1-2H3. The molecular formula is C14H20FN3O2. The molecule has 0 radical (unpaired) electrons. The van der Waals surface area contributed by atoms with Gasteiger partial charge in [0.2, 0.25) is 5.91 Å². The van der Waals surface area contributed by atoms with Crippen molar-refractivity contribution in [2.24, 2.45) is 0 Å². The van der Waals surface area contributed by atoms with Crippen molar-refractivity contribution in [3.63, 3.8) is 0 Å². The molecule has 1 aromatic rings. The van der Waals surface area contributed by atoms with E-state index >= 15 is 0 Å². The lowest BCUT2D eigenvalue weighted by atomic mass is 10.1. The first-order valence-electron chi connectivity index (χ1n) is 6.82. The second-order valence-electron chi connectivity index (χ2n) is 5.25. The van der Waals surface area contributed by atoms with Crippen molar-refractivity contribution in [1.29, 1.82) is 0 Å². The zero-order chi connectivity index (χ0) is 14.7. The molecule has 0 atom stereocenters. The maximum Gasteiger partial charge on any atom is 0.248 e. The minimum Gasteiger partial charge on any atom is -0.387 e. The van der Waals surface area contributed by atoms with Crippen LogP contribution in [0.15, 0.2) is 12.3 Å². The fourth-order valence-electron chi connectivity index (χ4n) is 2.26. The number of rotatable bonds is 3. The summed E-state index contributed by atoms with van der Waals surface area (Å²) in [6, 6.07) is 1.53. The van der Waals surface area contributed by atoms with Crippen molar-refractivity contribution in [3.8, 4) is 0 Å². The Bertz CT molecular complexity index is 485. The van der Waals surface area contributed by atoms with E-state index in [2.05, 4.69) is 4.98 Å². The highest BCUT2D eigenvalue weighted by Crippen LogP contribution is 2.22. The van der Waals surface area contributed by atoms with Crippen LogP contribution in [-0.4, -0.2) is 53.7 Å². The summed E-state index contributed by atoms with van der Waals surface area (Å²) >= 11 is 0. The molecule has 0 aliphatic carbocycles. The van der Waals surface area contributed by atoms with Crippen LogP contribution < -0.4 is 4.90 Å². The molecule has 0 unspecified atom stereocenters. The molecule has 0 aromatic carbocycles. The first-order chi connectivity index (χ1) is 9.52. The quantitative estimate of drug-likeness (QED) is 0.897. The van der Waals surface area contributed by atoms with Gasteiger partial charge in [0.1, 0.15) is 6.61 Å². The number of anilines is 1. The fraction of sp³-hybridized carbons (Fsp3) is 0.571. The Labute approximate surface area is 118 Å². The van der Waals surface area contributed by atoms with Crippen LogP contribution in [0.4, 0.5) is 10.2 Å². The van der Waals surface area contributed by atoms with Crippen molar-refractivity contribution in [1.82, 2.24) is 9.88 Å². The highest BCUT2D eigenvalue weighted by atomic mass is 19.1. The summed E-state index contributed by atoms with van der Waals surface area (Å²) in [5, 5.41) is 8.82. The zero-order valence-electron chi connectivity index (χ0n) is 11.8. The van der Waals surface area contributed by atoms with E-state index in [4.69, 9.17) is 5.11 Å². The summed E-state index contributed by atoms with van der Waals surface area (Å²) in [4.78, 5) is 19.0. The van der Waals surface area contributed by atoms with E-state index in [-0.39, 0.29) is 17.6 Å². The minimum atomic E-state index is -0.476. The third kappa shape index (κ3) is 3.07. The predicted octanol–water partition coefficient (Wildman–Crippen LogP) is 0.985. The molecule has 6 heteroatoms. The Morgan fingerprint density at radius 2 is 2.05 bits per heavy atom. The predicted molar refractivity (Wildman–Crippen MR) is 74.2 cm³/mol. The van der Waals surface area contributed by atoms with Gasteiger partial charge in [0.15, 0.2) is 11.6 Å². The van der Waals surface area contributed by atoms with E-state index in [0.29, 0.717) is 32.0 Å². The molecule has 1 N–H and O–H groups in total. The van der Waals surface area contributed by atoms with Gasteiger partial charge in [-0.3, -0.25) is 4.79 Å². The van der Waals surface area contributed by atoms with Crippen molar-refractivity contribution >= 4 is 11.7 Å². The van der Waals surface area contributed by atoms with Crippen LogP contribution in [0.3, 0.4) is 0 Å². The number of aliphatic hydroxyl groups excluding tert-OH is 1. The van der Waals surface area contributed by atoms with Gasteiger partial charge >= 0.3 is 0 Å². The average molecular weight is 281 g/mol. The average Bonchev–Trinajstić information content (AvgIpc) is 2.46. The molecule has 0 saturated carbocycles.